The molecule has 0 aromatic heterocycles. The highest BCUT2D eigenvalue weighted by Crippen LogP contribution is 2.41. The van der Waals surface area contributed by atoms with Gasteiger partial charge in [0, 0.05) is 4.83 Å². The zero-order valence-electron chi connectivity index (χ0n) is 11.4. The molecule has 1 aromatic carbocycles. The third-order valence-electron chi connectivity index (χ3n) is 4.50. The van der Waals surface area contributed by atoms with Crippen LogP contribution in [0.2, 0.25) is 0 Å². The first-order valence-corrected chi connectivity index (χ1v) is 7.63. The molecular weight excluding hydrogens is 272 g/mol. The van der Waals surface area contributed by atoms with Crippen LogP contribution in [-0.4, -0.2) is 0 Å². The zero-order valence-corrected chi connectivity index (χ0v) is 13.0. The number of alkyl halides is 1. The van der Waals surface area contributed by atoms with Crippen molar-refractivity contribution in [2.45, 2.75) is 58.2 Å². The predicted molar refractivity (Wildman–Crippen MR) is 79.0 cm³/mol. The lowest BCUT2D eigenvalue weighted by Gasteiger charge is -2.29. The van der Waals surface area contributed by atoms with E-state index in [2.05, 4.69) is 49.7 Å². The Labute approximate surface area is 114 Å². The molecule has 0 bridgehead atoms. The summed E-state index contributed by atoms with van der Waals surface area (Å²) < 4.78 is 0. The van der Waals surface area contributed by atoms with Crippen LogP contribution in [0, 0.1) is 33.6 Å². The van der Waals surface area contributed by atoms with Crippen LogP contribution in [0.1, 0.15) is 58.3 Å². The van der Waals surface area contributed by atoms with Gasteiger partial charge in [-0.05, 0) is 67.9 Å². The van der Waals surface area contributed by atoms with E-state index >= 15 is 0 Å². The molecule has 0 saturated heterocycles. The fraction of sp³-hybridized carbons (Fsp3) is 0.625. The molecule has 1 fully saturated rings. The van der Waals surface area contributed by atoms with Crippen molar-refractivity contribution in [1.29, 1.82) is 0 Å². The molecule has 2 rings (SSSR count). The molecule has 0 radical (unpaired) electrons. The van der Waals surface area contributed by atoms with Crippen LogP contribution in [0.3, 0.4) is 0 Å². The summed E-state index contributed by atoms with van der Waals surface area (Å²) in [7, 11) is 0. The molecule has 94 valence electrons. The van der Waals surface area contributed by atoms with Gasteiger partial charge in [-0.1, -0.05) is 41.3 Å². The summed E-state index contributed by atoms with van der Waals surface area (Å²) in [6.07, 6.45) is 5.62. The Kier molecular flexibility index (Phi) is 3.97. The van der Waals surface area contributed by atoms with Crippen LogP contribution in [0.4, 0.5) is 0 Å². The Morgan fingerprint density at radius 2 is 1.65 bits per heavy atom. The van der Waals surface area contributed by atoms with Crippen molar-refractivity contribution in [1.82, 2.24) is 0 Å². The van der Waals surface area contributed by atoms with Crippen molar-refractivity contribution >= 4 is 15.9 Å². The summed E-state index contributed by atoms with van der Waals surface area (Å²) in [5.41, 5.74) is 7.38. The van der Waals surface area contributed by atoms with Crippen LogP contribution in [0.25, 0.3) is 0 Å². The van der Waals surface area contributed by atoms with Crippen molar-refractivity contribution in [2.75, 3.05) is 0 Å². The average molecular weight is 295 g/mol. The number of hydrogen-bond acceptors (Lipinski definition) is 0. The molecule has 0 aliphatic heterocycles. The second-order valence-corrected chi connectivity index (χ2v) is 6.78. The van der Waals surface area contributed by atoms with Gasteiger partial charge in [-0.2, -0.15) is 0 Å². The van der Waals surface area contributed by atoms with E-state index in [0.29, 0.717) is 4.83 Å². The van der Waals surface area contributed by atoms with E-state index in [9.17, 15) is 0 Å². The number of rotatable bonds is 3. The zero-order chi connectivity index (χ0) is 12.6. The largest absolute Gasteiger partial charge is 0.0838 e. The fourth-order valence-electron chi connectivity index (χ4n) is 2.86. The van der Waals surface area contributed by atoms with E-state index in [1.165, 1.54) is 47.9 Å². The molecule has 1 saturated carbocycles. The van der Waals surface area contributed by atoms with E-state index in [4.69, 9.17) is 0 Å². The number of halogens is 1. The lowest BCUT2D eigenvalue weighted by atomic mass is 9.80. The van der Waals surface area contributed by atoms with Crippen molar-refractivity contribution in [2.24, 2.45) is 5.92 Å². The molecule has 1 aromatic rings. The van der Waals surface area contributed by atoms with Crippen LogP contribution in [0.15, 0.2) is 6.07 Å². The lowest BCUT2D eigenvalue weighted by Crippen LogP contribution is -2.14. The average Bonchev–Trinajstić information content (AvgIpc) is 2.21. The Morgan fingerprint density at radius 1 is 1.12 bits per heavy atom. The minimum absolute atomic E-state index is 0.548. The Morgan fingerprint density at radius 3 is 2.06 bits per heavy atom. The molecule has 1 unspecified atom stereocenters. The minimum atomic E-state index is 0.548. The highest BCUT2D eigenvalue weighted by molar-refractivity contribution is 9.09. The highest BCUT2D eigenvalue weighted by Gasteiger charge is 2.24. The Bertz CT molecular complexity index is 390. The maximum atomic E-state index is 3.93. The maximum absolute atomic E-state index is 3.93. The molecule has 0 spiro atoms. The van der Waals surface area contributed by atoms with Crippen LogP contribution in [-0.2, 0) is 0 Å². The first-order valence-electron chi connectivity index (χ1n) is 6.72. The maximum Gasteiger partial charge on any atom is 0.0403 e. The minimum Gasteiger partial charge on any atom is -0.0838 e. The predicted octanol–water partition coefficient (Wildman–Crippen LogP) is 5.55. The third kappa shape index (κ3) is 2.59. The van der Waals surface area contributed by atoms with Gasteiger partial charge in [-0.3, -0.25) is 0 Å². The Balaban J connectivity index is 2.29. The van der Waals surface area contributed by atoms with Gasteiger partial charge in [0.1, 0.15) is 0 Å². The van der Waals surface area contributed by atoms with E-state index < -0.39 is 0 Å². The third-order valence-corrected chi connectivity index (χ3v) is 5.33. The molecule has 0 nitrogen and oxygen atoms in total. The second-order valence-electron chi connectivity index (χ2n) is 5.67. The van der Waals surface area contributed by atoms with Crippen molar-refractivity contribution in [3.05, 3.63) is 33.9 Å². The van der Waals surface area contributed by atoms with Gasteiger partial charge < -0.3 is 0 Å². The second kappa shape index (κ2) is 5.14. The Hall–Kier alpha value is -0.300. The van der Waals surface area contributed by atoms with E-state index in [0.717, 1.165) is 5.92 Å². The van der Waals surface area contributed by atoms with Gasteiger partial charge in [0.05, 0.1) is 0 Å². The van der Waals surface area contributed by atoms with Crippen LogP contribution >= 0.6 is 15.9 Å². The standard InChI is InChI=1S/C16H23Br/c1-10-8-11(2)13(4)16(12(10)3)15(17)9-14-6-5-7-14/h8,14-15H,5-7,9H2,1-4H3. The number of hydrogen-bond donors (Lipinski definition) is 0. The molecule has 17 heavy (non-hydrogen) atoms. The fourth-order valence-corrected chi connectivity index (χ4v) is 4.07. The topological polar surface area (TPSA) is 0 Å². The van der Waals surface area contributed by atoms with E-state index in [1.54, 1.807) is 5.56 Å². The SMILES string of the molecule is Cc1cc(C)c(C)c(C(Br)CC2CCC2)c1C. The quantitative estimate of drug-likeness (QED) is 0.642. The van der Waals surface area contributed by atoms with Crippen molar-refractivity contribution < 1.29 is 0 Å². The summed E-state index contributed by atoms with van der Waals surface area (Å²) in [6, 6.07) is 2.32. The normalized spacial score (nSPS) is 17.9. The smallest absolute Gasteiger partial charge is 0.0403 e. The van der Waals surface area contributed by atoms with Crippen LogP contribution in [0.5, 0.6) is 0 Å². The first-order chi connectivity index (χ1) is 8.00. The lowest BCUT2D eigenvalue weighted by molar-refractivity contribution is 0.295. The molecule has 1 aliphatic rings. The van der Waals surface area contributed by atoms with Gasteiger partial charge in [0.15, 0.2) is 0 Å². The molecule has 1 atom stereocenters. The summed E-state index contributed by atoms with van der Waals surface area (Å²) in [6.45, 7) is 9.00. The van der Waals surface area contributed by atoms with Crippen molar-refractivity contribution in [3.63, 3.8) is 0 Å². The van der Waals surface area contributed by atoms with Gasteiger partial charge in [-0.15, -0.1) is 0 Å². The van der Waals surface area contributed by atoms with Gasteiger partial charge in [0.25, 0.3) is 0 Å². The number of benzene rings is 1. The van der Waals surface area contributed by atoms with Gasteiger partial charge in [0.2, 0.25) is 0 Å². The summed E-state index contributed by atoms with van der Waals surface area (Å²) in [4.78, 5) is 0.548. The summed E-state index contributed by atoms with van der Waals surface area (Å²) >= 11 is 3.93. The summed E-state index contributed by atoms with van der Waals surface area (Å²) in [5.74, 6) is 0.957. The van der Waals surface area contributed by atoms with Crippen molar-refractivity contribution in [3.8, 4) is 0 Å². The molecule has 0 N–H and O–H groups in total. The van der Waals surface area contributed by atoms with E-state index in [-0.39, 0.29) is 0 Å². The van der Waals surface area contributed by atoms with E-state index in [1.807, 2.05) is 0 Å². The van der Waals surface area contributed by atoms with Gasteiger partial charge >= 0.3 is 0 Å². The molecule has 0 heterocycles. The molecule has 0 amide bonds. The first kappa shape index (κ1) is 13.1. The highest BCUT2D eigenvalue weighted by atomic mass is 79.9. The van der Waals surface area contributed by atoms with Crippen LogP contribution < -0.4 is 0 Å². The monoisotopic (exact) mass is 294 g/mol. The molecule has 1 heteroatoms. The molecule has 1 aliphatic carbocycles. The van der Waals surface area contributed by atoms with Gasteiger partial charge in [-0.25, -0.2) is 0 Å². The number of aryl methyl sites for hydroxylation is 2. The molecular formula is C16H23Br. The summed E-state index contributed by atoms with van der Waals surface area (Å²) in [5, 5.41) is 0.